The highest BCUT2D eigenvalue weighted by Gasteiger charge is 2.28. The normalized spacial score (nSPS) is 14.9. The fourth-order valence-electron chi connectivity index (χ4n) is 3.31. The number of rotatable bonds is 8. The summed E-state index contributed by atoms with van der Waals surface area (Å²) < 4.78 is 32.1. The highest BCUT2D eigenvalue weighted by Crippen LogP contribution is 2.35. The van der Waals surface area contributed by atoms with Crippen LogP contribution < -0.4 is 19.5 Å². The fourth-order valence-corrected chi connectivity index (χ4v) is 3.31. The predicted octanol–water partition coefficient (Wildman–Crippen LogP) is 3.32. The Morgan fingerprint density at radius 2 is 2.12 bits per heavy atom. The molecule has 1 aliphatic rings. The van der Waals surface area contributed by atoms with Crippen molar-refractivity contribution in [1.82, 2.24) is 15.1 Å². The molecule has 0 radical (unpaired) electrons. The molecule has 0 aliphatic carbocycles. The first kappa shape index (κ1) is 21.6. The Kier molecular flexibility index (Phi) is 6.55. The third kappa shape index (κ3) is 5.00. The zero-order valence-electron chi connectivity index (χ0n) is 17.9. The van der Waals surface area contributed by atoms with Crippen molar-refractivity contribution in [2.24, 2.45) is 0 Å². The molecule has 0 unspecified atom stereocenters. The van der Waals surface area contributed by atoms with Gasteiger partial charge in [0.2, 0.25) is 6.10 Å². The smallest absolute Gasteiger partial charge is 0.269 e. The number of carbonyl (C=O) groups is 1. The first-order valence-electron chi connectivity index (χ1n) is 10.3. The van der Waals surface area contributed by atoms with Gasteiger partial charge in [-0.05, 0) is 38.7 Å². The second-order valence-corrected chi connectivity index (χ2v) is 7.67. The molecule has 1 aromatic heterocycles. The molecule has 2 heterocycles. The van der Waals surface area contributed by atoms with Gasteiger partial charge in [-0.1, -0.05) is 12.1 Å². The molecular formula is C23H25FN4O4. The van der Waals surface area contributed by atoms with E-state index < -0.39 is 17.8 Å². The number of aromatic amines is 1. The van der Waals surface area contributed by atoms with Crippen molar-refractivity contribution in [1.29, 1.82) is 0 Å². The van der Waals surface area contributed by atoms with Gasteiger partial charge in [0.05, 0.1) is 18.5 Å². The minimum atomic E-state index is -0.872. The Labute approximate surface area is 185 Å². The standard InChI is InChI=1S/C23H25FN4O4/c1-28(2)8-5-9-30-21-10-16(15-12-25-26-13-15)17(24)11-18(21)27-23(29)22-14-31-19-6-3-4-7-20(19)32-22/h3-4,6-7,10-13,22H,5,8-9,14H2,1-2H3,(H,25,26)(H,27,29)/t22-/m1/s1. The number of halogens is 1. The van der Waals surface area contributed by atoms with E-state index in [9.17, 15) is 9.18 Å². The number of ether oxygens (including phenoxy) is 3. The molecule has 9 heteroatoms. The monoisotopic (exact) mass is 440 g/mol. The van der Waals surface area contributed by atoms with Crippen LogP contribution in [0.1, 0.15) is 6.42 Å². The highest BCUT2D eigenvalue weighted by molar-refractivity contribution is 5.96. The molecule has 3 aromatic rings. The van der Waals surface area contributed by atoms with E-state index >= 15 is 0 Å². The van der Waals surface area contributed by atoms with Crippen molar-refractivity contribution in [2.45, 2.75) is 12.5 Å². The van der Waals surface area contributed by atoms with Crippen LogP contribution in [0.3, 0.4) is 0 Å². The number of para-hydroxylation sites is 2. The van der Waals surface area contributed by atoms with Gasteiger partial charge in [-0.3, -0.25) is 9.89 Å². The average molecular weight is 440 g/mol. The summed E-state index contributed by atoms with van der Waals surface area (Å²) in [6.07, 6.45) is 3.02. The second kappa shape index (κ2) is 9.69. The number of benzene rings is 2. The van der Waals surface area contributed by atoms with Gasteiger partial charge in [0.1, 0.15) is 18.2 Å². The highest BCUT2D eigenvalue weighted by atomic mass is 19.1. The van der Waals surface area contributed by atoms with E-state index in [1.165, 1.54) is 12.3 Å². The Hall–Kier alpha value is -3.59. The molecule has 2 aromatic carbocycles. The SMILES string of the molecule is CN(C)CCCOc1cc(-c2cn[nH]c2)c(F)cc1NC(=O)[C@H]1COc2ccccc2O1. The average Bonchev–Trinajstić information content (AvgIpc) is 3.32. The maximum Gasteiger partial charge on any atom is 0.269 e. The van der Waals surface area contributed by atoms with Gasteiger partial charge >= 0.3 is 0 Å². The zero-order valence-corrected chi connectivity index (χ0v) is 17.9. The van der Waals surface area contributed by atoms with Crippen LogP contribution in [0.5, 0.6) is 17.2 Å². The van der Waals surface area contributed by atoms with Crippen LogP contribution in [0.25, 0.3) is 11.1 Å². The minimum Gasteiger partial charge on any atom is -0.491 e. The zero-order chi connectivity index (χ0) is 22.5. The number of hydrogen-bond acceptors (Lipinski definition) is 6. The predicted molar refractivity (Wildman–Crippen MR) is 118 cm³/mol. The number of amides is 1. The minimum absolute atomic E-state index is 0.0530. The van der Waals surface area contributed by atoms with E-state index in [-0.39, 0.29) is 12.3 Å². The number of nitrogens with one attached hydrogen (secondary N) is 2. The van der Waals surface area contributed by atoms with Crippen molar-refractivity contribution in [3.05, 3.63) is 54.6 Å². The van der Waals surface area contributed by atoms with Crippen molar-refractivity contribution < 1.29 is 23.4 Å². The van der Waals surface area contributed by atoms with E-state index in [1.807, 2.05) is 25.1 Å². The number of hydrogen-bond donors (Lipinski definition) is 2. The molecule has 4 rings (SSSR count). The van der Waals surface area contributed by atoms with Crippen molar-refractivity contribution in [3.63, 3.8) is 0 Å². The Bertz CT molecular complexity index is 1070. The lowest BCUT2D eigenvalue weighted by Gasteiger charge is -2.26. The quantitative estimate of drug-likeness (QED) is 0.523. The molecule has 8 nitrogen and oxygen atoms in total. The molecule has 1 atom stereocenters. The van der Waals surface area contributed by atoms with Crippen LogP contribution in [0.4, 0.5) is 10.1 Å². The molecule has 0 saturated carbocycles. The van der Waals surface area contributed by atoms with Gasteiger partial charge < -0.3 is 24.4 Å². The van der Waals surface area contributed by atoms with E-state index in [1.54, 1.807) is 30.5 Å². The molecule has 0 fully saturated rings. The van der Waals surface area contributed by atoms with Gasteiger partial charge in [0.15, 0.2) is 11.5 Å². The van der Waals surface area contributed by atoms with E-state index in [0.717, 1.165) is 13.0 Å². The third-order valence-corrected chi connectivity index (χ3v) is 4.94. The van der Waals surface area contributed by atoms with Gasteiger partial charge in [0.25, 0.3) is 5.91 Å². The number of nitrogens with zero attached hydrogens (tertiary/aromatic N) is 2. The first-order valence-corrected chi connectivity index (χ1v) is 10.3. The molecule has 0 spiro atoms. The number of carbonyl (C=O) groups excluding carboxylic acids is 1. The number of anilines is 1. The number of aromatic nitrogens is 2. The summed E-state index contributed by atoms with van der Waals surface area (Å²) in [4.78, 5) is 14.9. The number of fused-ring (bicyclic) bond motifs is 1. The van der Waals surface area contributed by atoms with Crippen LogP contribution in [-0.4, -0.2) is 61.0 Å². The number of H-pyrrole nitrogens is 1. The van der Waals surface area contributed by atoms with Crippen LogP contribution in [0.15, 0.2) is 48.8 Å². The second-order valence-electron chi connectivity index (χ2n) is 7.67. The molecule has 2 N–H and O–H groups in total. The summed E-state index contributed by atoms with van der Waals surface area (Å²) in [5, 5.41) is 9.28. The molecule has 0 bridgehead atoms. The van der Waals surface area contributed by atoms with Crippen LogP contribution in [0.2, 0.25) is 0 Å². The lowest BCUT2D eigenvalue weighted by molar-refractivity contribution is -0.125. The molecular weight excluding hydrogens is 415 g/mol. The van der Waals surface area contributed by atoms with E-state index in [4.69, 9.17) is 14.2 Å². The fraction of sp³-hybridized carbons (Fsp3) is 0.304. The largest absolute Gasteiger partial charge is 0.491 e. The van der Waals surface area contributed by atoms with Crippen molar-refractivity contribution in [2.75, 3.05) is 39.2 Å². The van der Waals surface area contributed by atoms with Gasteiger partial charge in [-0.2, -0.15) is 5.10 Å². The van der Waals surface area contributed by atoms with Crippen LogP contribution in [-0.2, 0) is 4.79 Å². The molecule has 0 saturated heterocycles. The van der Waals surface area contributed by atoms with E-state index in [2.05, 4.69) is 15.5 Å². The van der Waals surface area contributed by atoms with Crippen LogP contribution >= 0.6 is 0 Å². The topological polar surface area (TPSA) is 88.7 Å². The summed E-state index contributed by atoms with van der Waals surface area (Å²) in [7, 11) is 3.95. The summed E-state index contributed by atoms with van der Waals surface area (Å²) >= 11 is 0. The molecule has 32 heavy (non-hydrogen) atoms. The molecule has 1 aliphatic heterocycles. The summed E-state index contributed by atoms with van der Waals surface area (Å²) in [6.45, 7) is 1.30. The summed E-state index contributed by atoms with van der Waals surface area (Å²) in [5.74, 6) is 0.478. The Balaban J connectivity index is 1.53. The Morgan fingerprint density at radius 3 is 2.88 bits per heavy atom. The lowest BCUT2D eigenvalue weighted by atomic mass is 10.1. The van der Waals surface area contributed by atoms with Crippen molar-refractivity contribution >= 4 is 11.6 Å². The Morgan fingerprint density at radius 1 is 1.31 bits per heavy atom. The van der Waals surface area contributed by atoms with Gasteiger partial charge in [-0.15, -0.1) is 0 Å². The van der Waals surface area contributed by atoms with Gasteiger partial charge in [0, 0.05) is 29.9 Å². The molecule has 1 amide bonds. The lowest BCUT2D eigenvalue weighted by Crippen LogP contribution is -2.40. The van der Waals surface area contributed by atoms with E-state index in [0.29, 0.717) is 35.0 Å². The van der Waals surface area contributed by atoms with Crippen LogP contribution in [0, 0.1) is 5.82 Å². The van der Waals surface area contributed by atoms with Crippen molar-refractivity contribution in [3.8, 4) is 28.4 Å². The molecule has 168 valence electrons. The third-order valence-electron chi connectivity index (χ3n) is 4.94. The first-order chi connectivity index (χ1) is 15.5. The summed E-state index contributed by atoms with van der Waals surface area (Å²) in [5.41, 5.74) is 1.14. The maximum absolute atomic E-state index is 14.9. The van der Waals surface area contributed by atoms with Gasteiger partial charge in [-0.25, -0.2) is 4.39 Å². The maximum atomic E-state index is 14.9. The summed E-state index contributed by atoms with van der Waals surface area (Å²) in [6, 6.07) is 9.94.